The van der Waals surface area contributed by atoms with Gasteiger partial charge >= 0.3 is 0 Å². The molecule has 20 heavy (non-hydrogen) atoms. The van der Waals surface area contributed by atoms with Crippen LogP contribution in [0.4, 0.5) is 5.82 Å². The Bertz CT molecular complexity index is 591. The molecule has 0 amide bonds. The number of anilines is 1. The molecule has 3 heterocycles. The Balaban J connectivity index is 2.03. The maximum atomic E-state index is 4.75. The first-order valence-corrected chi connectivity index (χ1v) is 6.98. The van der Waals surface area contributed by atoms with Crippen molar-refractivity contribution in [2.24, 2.45) is 0 Å². The molecule has 3 rings (SSSR count). The minimum Gasteiger partial charge on any atom is -0.354 e. The number of hydrogen-bond acceptors (Lipinski definition) is 5. The molecule has 0 bridgehead atoms. The van der Waals surface area contributed by atoms with Crippen molar-refractivity contribution in [1.29, 1.82) is 0 Å². The van der Waals surface area contributed by atoms with E-state index in [0.29, 0.717) is 5.82 Å². The molecule has 1 N–H and O–H groups in total. The van der Waals surface area contributed by atoms with E-state index in [1.54, 1.807) is 6.20 Å². The van der Waals surface area contributed by atoms with Gasteiger partial charge in [-0.25, -0.2) is 9.97 Å². The van der Waals surface area contributed by atoms with Crippen LogP contribution in [0.2, 0.25) is 0 Å². The first-order valence-electron chi connectivity index (χ1n) is 6.98. The van der Waals surface area contributed by atoms with Crippen LogP contribution >= 0.6 is 0 Å². The SMILES string of the molecule is Cc1nc(-c2ccccn2)nc(N2CCNCC2)c1C. The van der Waals surface area contributed by atoms with Gasteiger partial charge in [-0.1, -0.05) is 6.07 Å². The maximum Gasteiger partial charge on any atom is 0.180 e. The van der Waals surface area contributed by atoms with Crippen LogP contribution in [-0.4, -0.2) is 41.1 Å². The molecule has 0 spiro atoms. The van der Waals surface area contributed by atoms with E-state index in [1.807, 2.05) is 25.1 Å². The third-order valence-electron chi connectivity index (χ3n) is 3.67. The lowest BCUT2D eigenvalue weighted by molar-refractivity contribution is 0.583. The van der Waals surface area contributed by atoms with Crippen molar-refractivity contribution in [2.75, 3.05) is 31.1 Å². The Morgan fingerprint density at radius 3 is 2.60 bits per heavy atom. The summed E-state index contributed by atoms with van der Waals surface area (Å²) >= 11 is 0. The number of pyridine rings is 1. The third-order valence-corrected chi connectivity index (χ3v) is 3.67. The number of aromatic nitrogens is 3. The molecular weight excluding hydrogens is 250 g/mol. The van der Waals surface area contributed by atoms with Crippen molar-refractivity contribution < 1.29 is 0 Å². The smallest absolute Gasteiger partial charge is 0.180 e. The molecule has 1 fully saturated rings. The van der Waals surface area contributed by atoms with E-state index in [-0.39, 0.29) is 0 Å². The van der Waals surface area contributed by atoms with E-state index in [4.69, 9.17) is 4.98 Å². The molecule has 0 atom stereocenters. The van der Waals surface area contributed by atoms with Crippen molar-refractivity contribution >= 4 is 5.82 Å². The van der Waals surface area contributed by atoms with Crippen molar-refractivity contribution in [1.82, 2.24) is 20.3 Å². The molecule has 2 aromatic rings. The minimum absolute atomic E-state index is 0.710. The zero-order valence-electron chi connectivity index (χ0n) is 11.9. The second-order valence-electron chi connectivity index (χ2n) is 5.03. The fourth-order valence-electron chi connectivity index (χ4n) is 2.41. The quantitative estimate of drug-likeness (QED) is 0.896. The van der Waals surface area contributed by atoms with Crippen LogP contribution in [0.1, 0.15) is 11.3 Å². The van der Waals surface area contributed by atoms with Gasteiger partial charge in [-0.15, -0.1) is 0 Å². The molecule has 1 aliphatic rings. The molecule has 1 aliphatic heterocycles. The molecule has 1 saturated heterocycles. The zero-order chi connectivity index (χ0) is 13.9. The van der Waals surface area contributed by atoms with E-state index >= 15 is 0 Å². The van der Waals surface area contributed by atoms with Gasteiger partial charge < -0.3 is 10.2 Å². The van der Waals surface area contributed by atoms with Gasteiger partial charge in [0.05, 0.1) is 0 Å². The average molecular weight is 269 g/mol. The highest BCUT2D eigenvalue weighted by Gasteiger charge is 2.17. The second-order valence-corrected chi connectivity index (χ2v) is 5.03. The Morgan fingerprint density at radius 2 is 1.90 bits per heavy atom. The summed E-state index contributed by atoms with van der Waals surface area (Å²) in [5.41, 5.74) is 3.01. The number of rotatable bonds is 2. The van der Waals surface area contributed by atoms with Crippen molar-refractivity contribution in [3.8, 4) is 11.5 Å². The van der Waals surface area contributed by atoms with Crippen LogP contribution in [0.25, 0.3) is 11.5 Å². The van der Waals surface area contributed by atoms with Gasteiger partial charge in [-0.2, -0.15) is 0 Å². The lowest BCUT2D eigenvalue weighted by Crippen LogP contribution is -2.44. The van der Waals surface area contributed by atoms with Gasteiger partial charge in [0.15, 0.2) is 5.82 Å². The molecule has 104 valence electrons. The molecule has 0 radical (unpaired) electrons. The third kappa shape index (κ3) is 2.49. The maximum absolute atomic E-state index is 4.75. The number of hydrogen-bond donors (Lipinski definition) is 1. The van der Waals surface area contributed by atoms with Gasteiger partial charge in [0.2, 0.25) is 0 Å². The van der Waals surface area contributed by atoms with Crippen LogP contribution in [-0.2, 0) is 0 Å². The Kier molecular flexibility index (Phi) is 3.60. The van der Waals surface area contributed by atoms with Crippen LogP contribution < -0.4 is 10.2 Å². The second kappa shape index (κ2) is 5.54. The zero-order valence-corrected chi connectivity index (χ0v) is 11.9. The van der Waals surface area contributed by atoms with E-state index < -0.39 is 0 Å². The number of nitrogens with one attached hydrogen (secondary N) is 1. The first-order chi connectivity index (χ1) is 9.75. The number of piperazine rings is 1. The summed E-state index contributed by atoms with van der Waals surface area (Å²) in [5, 5.41) is 3.37. The highest BCUT2D eigenvalue weighted by Crippen LogP contribution is 2.23. The van der Waals surface area contributed by atoms with Gasteiger partial charge in [-0.05, 0) is 26.0 Å². The van der Waals surface area contributed by atoms with Gasteiger partial charge in [-0.3, -0.25) is 4.98 Å². The lowest BCUT2D eigenvalue weighted by atomic mass is 10.2. The first kappa shape index (κ1) is 13.0. The topological polar surface area (TPSA) is 53.9 Å². The van der Waals surface area contributed by atoms with Gasteiger partial charge in [0, 0.05) is 43.6 Å². The summed E-state index contributed by atoms with van der Waals surface area (Å²) in [7, 11) is 0. The predicted octanol–water partition coefficient (Wildman–Crippen LogP) is 1.57. The van der Waals surface area contributed by atoms with E-state index in [9.17, 15) is 0 Å². The Labute approximate surface area is 119 Å². The predicted molar refractivity (Wildman–Crippen MR) is 79.8 cm³/mol. The molecular formula is C15H19N5. The molecule has 5 nitrogen and oxygen atoms in total. The van der Waals surface area contributed by atoms with Crippen LogP contribution in [0.5, 0.6) is 0 Å². The summed E-state index contributed by atoms with van der Waals surface area (Å²) in [6.07, 6.45) is 1.78. The summed E-state index contributed by atoms with van der Waals surface area (Å²) in [4.78, 5) is 16.0. The summed E-state index contributed by atoms with van der Waals surface area (Å²) < 4.78 is 0. The molecule has 0 saturated carbocycles. The van der Waals surface area contributed by atoms with Gasteiger partial charge in [0.1, 0.15) is 11.5 Å². The molecule has 0 unspecified atom stereocenters. The van der Waals surface area contributed by atoms with Crippen LogP contribution in [0.3, 0.4) is 0 Å². The highest BCUT2D eigenvalue weighted by molar-refractivity contribution is 5.57. The Hall–Kier alpha value is -2.01. The molecule has 2 aromatic heterocycles. The minimum atomic E-state index is 0.710. The summed E-state index contributed by atoms with van der Waals surface area (Å²) in [6, 6.07) is 5.82. The van der Waals surface area contributed by atoms with Gasteiger partial charge in [0.25, 0.3) is 0 Å². The normalized spacial score (nSPS) is 15.4. The Morgan fingerprint density at radius 1 is 1.10 bits per heavy atom. The summed E-state index contributed by atoms with van der Waals surface area (Å²) in [5.74, 6) is 1.75. The standard InChI is InChI=1S/C15H19N5/c1-11-12(2)18-14(13-5-3-4-6-17-13)19-15(11)20-9-7-16-8-10-20/h3-6,16H,7-10H2,1-2H3. The van der Waals surface area contributed by atoms with Crippen molar-refractivity contribution in [2.45, 2.75) is 13.8 Å². The van der Waals surface area contributed by atoms with E-state index in [1.165, 1.54) is 0 Å². The largest absolute Gasteiger partial charge is 0.354 e. The molecule has 0 aliphatic carbocycles. The fraction of sp³-hybridized carbons (Fsp3) is 0.400. The number of nitrogens with zero attached hydrogens (tertiary/aromatic N) is 4. The highest BCUT2D eigenvalue weighted by atomic mass is 15.2. The fourth-order valence-corrected chi connectivity index (χ4v) is 2.41. The molecule has 0 aromatic carbocycles. The monoisotopic (exact) mass is 269 g/mol. The lowest BCUT2D eigenvalue weighted by Gasteiger charge is -2.30. The van der Waals surface area contributed by atoms with Crippen LogP contribution in [0, 0.1) is 13.8 Å². The summed E-state index contributed by atoms with van der Waals surface area (Å²) in [6.45, 7) is 8.10. The van der Waals surface area contributed by atoms with E-state index in [2.05, 4.69) is 27.1 Å². The van der Waals surface area contributed by atoms with Crippen LogP contribution in [0.15, 0.2) is 24.4 Å². The van der Waals surface area contributed by atoms with Crippen molar-refractivity contribution in [3.05, 3.63) is 35.7 Å². The average Bonchev–Trinajstić information content (AvgIpc) is 2.51. The molecule has 5 heteroatoms. The van der Waals surface area contributed by atoms with E-state index in [0.717, 1.165) is 48.9 Å². The number of aryl methyl sites for hydroxylation is 1. The van der Waals surface area contributed by atoms with Crippen molar-refractivity contribution in [3.63, 3.8) is 0 Å².